The van der Waals surface area contributed by atoms with Gasteiger partial charge in [0.05, 0.1) is 11.8 Å². The van der Waals surface area contributed by atoms with Gasteiger partial charge in [0.25, 0.3) is 0 Å². The SMILES string of the molecule is O=C(O)[C@H]1CCCC[C@H]1C(=O)N(C1CCCCC1)C1CCCCC1. The Morgan fingerprint density at radius 1 is 0.625 bits per heavy atom. The van der Waals surface area contributed by atoms with Gasteiger partial charge in [0.2, 0.25) is 5.91 Å². The highest BCUT2D eigenvalue weighted by molar-refractivity contribution is 5.85. The lowest BCUT2D eigenvalue weighted by atomic mass is 9.77. The first-order valence-electron chi connectivity index (χ1n) is 10.2. The van der Waals surface area contributed by atoms with Crippen LogP contribution in [0.1, 0.15) is 89.9 Å². The molecule has 0 bridgehead atoms. The zero-order valence-corrected chi connectivity index (χ0v) is 14.9. The van der Waals surface area contributed by atoms with Crippen molar-refractivity contribution in [1.82, 2.24) is 4.90 Å². The number of carbonyl (C=O) groups excluding carboxylic acids is 1. The fourth-order valence-corrected chi connectivity index (χ4v) is 5.29. The van der Waals surface area contributed by atoms with Crippen LogP contribution in [0, 0.1) is 11.8 Å². The van der Waals surface area contributed by atoms with E-state index < -0.39 is 11.9 Å². The van der Waals surface area contributed by atoms with Gasteiger partial charge in [0.15, 0.2) is 0 Å². The number of rotatable bonds is 4. The van der Waals surface area contributed by atoms with Crippen LogP contribution in [0.25, 0.3) is 0 Å². The first-order chi connectivity index (χ1) is 11.7. The Labute approximate surface area is 146 Å². The van der Waals surface area contributed by atoms with Crippen LogP contribution < -0.4 is 0 Å². The molecule has 3 saturated carbocycles. The summed E-state index contributed by atoms with van der Waals surface area (Å²) in [5, 5.41) is 9.59. The molecular weight excluding hydrogens is 302 g/mol. The lowest BCUT2D eigenvalue weighted by Gasteiger charge is -2.44. The largest absolute Gasteiger partial charge is 0.481 e. The zero-order chi connectivity index (χ0) is 16.9. The van der Waals surface area contributed by atoms with E-state index in [0.29, 0.717) is 18.5 Å². The Bertz CT molecular complexity index is 420. The van der Waals surface area contributed by atoms with Crippen molar-refractivity contribution in [2.45, 2.75) is 102 Å². The fourth-order valence-electron chi connectivity index (χ4n) is 5.29. The molecule has 0 aromatic heterocycles. The molecular formula is C20H33NO3. The van der Waals surface area contributed by atoms with E-state index in [1.165, 1.54) is 38.5 Å². The van der Waals surface area contributed by atoms with Gasteiger partial charge < -0.3 is 10.0 Å². The van der Waals surface area contributed by atoms with Gasteiger partial charge >= 0.3 is 5.97 Å². The molecule has 3 fully saturated rings. The molecule has 0 aliphatic heterocycles. The number of carboxylic acid groups (broad SMARTS) is 1. The molecule has 2 atom stereocenters. The van der Waals surface area contributed by atoms with Gasteiger partial charge in [-0.25, -0.2) is 0 Å². The highest BCUT2D eigenvalue weighted by atomic mass is 16.4. The van der Waals surface area contributed by atoms with Crippen LogP contribution in [-0.4, -0.2) is 34.0 Å². The van der Waals surface area contributed by atoms with E-state index >= 15 is 0 Å². The summed E-state index contributed by atoms with van der Waals surface area (Å²) >= 11 is 0. The van der Waals surface area contributed by atoms with E-state index in [1.54, 1.807) is 0 Å². The number of aliphatic carboxylic acids is 1. The van der Waals surface area contributed by atoms with E-state index in [1.807, 2.05) is 0 Å². The minimum Gasteiger partial charge on any atom is -0.481 e. The van der Waals surface area contributed by atoms with Crippen LogP contribution in [0.5, 0.6) is 0 Å². The minimum absolute atomic E-state index is 0.181. The third kappa shape index (κ3) is 3.94. The predicted octanol–water partition coefficient (Wildman–Crippen LogP) is 4.37. The first kappa shape index (κ1) is 17.8. The van der Waals surface area contributed by atoms with E-state index in [4.69, 9.17) is 0 Å². The van der Waals surface area contributed by atoms with Crippen LogP contribution in [0.15, 0.2) is 0 Å². The van der Waals surface area contributed by atoms with Crippen molar-refractivity contribution in [3.8, 4) is 0 Å². The first-order valence-corrected chi connectivity index (χ1v) is 10.2. The number of amides is 1. The van der Waals surface area contributed by atoms with Crippen molar-refractivity contribution in [2.75, 3.05) is 0 Å². The molecule has 3 rings (SSSR count). The Morgan fingerprint density at radius 2 is 1.04 bits per heavy atom. The summed E-state index contributed by atoms with van der Waals surface area (Å²) < 4.78 is 0. The maximum Gasteiger partial charge on any atom is 0.307 e. The van der Waals surface area contributed by atoms with E-state index in [-0.39, 0.29) is 11.8 Å². The lowest BCUT2D eigenvalue weighted by Crippen LogP contribution is -2.53. The molecule has 0 aromatic carbocycles. The third-order valence-corrected chi connectivity index (χ3v) is 6.59. The fraction of sp³-hybridized carbons (Fsp3) is 0.900. The molecule has 24 heavy (non-hydrogen) atoms. The van der Waals surface area contributed by atoms with Crippen LogP contribution in [0.3, 0.4) is 0 Å². The minimum atomic E-state index is -0.764. The molecule has 1 N–H and O–H groups in total. The van der Waals surface area contributed by atoms with Gasteiger partial charge in [-0.2, -0.15) is 0 Å². The molecule has 4 nitrogen and oxygen atoms in total. The van der Waals surface area contributed by atoms with Crippen LogP contribution in [0.4, 0.5) is 0 Å². The Hall–Kier alpha value is -1.06. The molecule has 0 radical (unpaired) electrons. The summed E-state index contributed by atoms with van der Waals surface area (Å²) in [5.74, 6) is -1.32. The van der Waals surface area contributed by atoms with Gasteiger partial charge in [-0.15, -0.1) is 0 Å². The summed E-state index contributed by atoms with van der Waals surface area (Å²) in [5.41, 5.74) is 0. The summed E-state index contributed by atoms with van der Waals surface area (Å²) in [7, 11) is 0. The van der Waals surface area contributed by atoms with Crippen LogP contribution >= 0.6 is 0 Å². The van der Waals surface area contributed by atoms with Crippen LogP contribution in [-0.2, 0) is 9.59 Å². The topological polar surface area (TPSA) is 57.6 Å². The number of carboxylic acids is 1. The Morgan fingerprint density at radius 3 is 1.50 bits per heavy atom. The molecule has 0 unspecified atom stereocenters. The maximum atomic E-state index is 13.5. The lowest BCUT2D eigenvalue weighted by molar-refractivity contribution is -0.155. The molecule has 0 heterocycles. The summed E-state index contributed by atoms with van der Waals surface area (Å²) in [6.07, 6.45) is 15.3. The molecule has 0 aromatic rings. The second-order valence-corrected chi connectivity index (χ2v) is 8.16. The van der Waals surface area contributed by atoms with E-state index in [0.717, 1.165) is 44.9 Å². The van der Waals surface area contributed by atoms with Crippen molar-refractivity contribution < 1.29 is 14.7 Å². The van der Waals surface area contributed by atoms with Crippen LogP contribution in [0.2, 0.25) is 0 Å². The third-order valence-electron chi connectivity index (χ3n) is 6.59. The molecule has 3 aliphatic rings. The molecule has 3 aliphatic carbocycles. The monoisotopic (exact) mass is 335 g/mol. The quantitative estimate of drug-likeness (QED) is 0.830. The van der Waals surface area contributed by atoms with Gasteiger partial charge in [-0.3, -0.25) is 9.59 Å². The molecule has 0 spiro atoms. The zero-order valence-electron chi connectivity index (χ0n) is 14.9. The molecule has 4 heteroatoms. The predicted molar refractivity (Wildman–Crippen MR) is 93.7 cm³/mol. The van der Waals surface area contributed by atoms with Crippen molar-refractivity contribution in [3.63, 3.8) is 0 Å². The van der Waals surface area contributed by atoms with Crippen molar-refractivity contribution in [2.24, 2.45) is 11.8 Å². The summed E-state index contributed by atoms with van der Waals surface area (Å²) in [6, 6.07) is 0.733. The molecule has 0 saturated heterocycles. The van der Waals surface area contributed by atoms with Gasteiger partial charge in [0.1, 0.15) is 0 Å². The smallest absolute Gasteiger partial charge is 0.307 e. The molecule has 136 valence electrons. The van der Waals surface area contributed by atoms with E-state index in [2.05, 4.69) is 4.90 Å². The summed E-state index contributed by atoms with van der Waals surface area (Å²) in [6.45, 7) is 0. The van der Waals surface area contributed by atoms with Gasteiger partial charge in [-0.1, -0.05) is 51.4 Å². The normalized spacial score (nSPS) is 30.0. The molecule has 1 amide bonds. The Kier molecular flexibility index (Phi) is 6.18. The number of hydrogen-bond acceptors (Lipinski definition) is 2. The average Bonchev–Trinajstić information content (AvgIpc) is 2.63. The highest BCUT2D eigenvalue weighted by Gasteiger charge is 2.42. The summed E-state index contributed by atoms with van der Waals surface area (Å²) in [4.78, 5) is 27.4. The standard InChI is InChI=1S/C20H33NO3/c22-19(17-13-7-8-14-18(17)20(23)24)21(15-9-3-1-4-10-15)16-11-5-2-6-12-16/h15-18H,1-14H2,(H,23,24)/t17-,18+/m1/s1. The van der Waals surface area contributed by atoms with Gasteiger partial charge in [-0.05, 0) is 38.5 Å². The van der Waals surface area contributed by atoms with E-state index in [9.17, 15) is 14.7 Å². The highest BCUT2D eigenvalue weighted by Crippen LogP contribution is 2.36. The Balaban J connectivity index is 1.79. The number of nitrogens with zero attached hydrogens (tertiary/aromatic N) is 1. The number of carbonyl (C=O) groups is 2. The second kappa shape index (κ2) is 8.35. The number of hydrogen-bond donors (Lipinski definition) is 1. The average molecular weight is 335 g/mol. The van der Waals surface area contributed by atoms with Crippen molar-refractivity contribution >= 4 is 11.9 Å². The second-order valence-electron chi connectivity index (χ2n) is 8.16. The van der Waals surface area contributed by atoms with Crippen molar-refractivity contribution in [1.29, 1.82) is 0 Å². The maximum absolute atomic E-state index is 13.5. The van der Waals surface area contributed by atoms with Crippen molar-refractivity contribution in [3.05, 3.63) is 0 Å². The van der Waals surface area contributed by atoms with Gasteiger partial charge in [0, 0.05) is 12.1 Å².